The third kappa shape index (κ3) is 2.52. The first-order chi connectivity index (χ1) is 7.29. The molecule has 1 amide bonds. The Morgan fingerprint density at radius 2 is 2.33 bits per heavy atom. The van der Waals surface area contributed by atoms with Crippen molar-refractivity contribution >= 4 is 23.4 Å². The van der Waals surface area contributed by atoms with E-state index in [1.165, 1.54) is 10.5 Å². The molecule has 0 aliphatic carbocycles. The largest absolute Gasteiger partial charge is 0.330 e. The maximum atomic E-state index is 11.1. The Morgan fingerprint density at radius 3 is 3.13 bits per heavy atom. The molecular formula is C11H14N2OS. The number of hydrogen-bond acceptors (Lipinski definition) is 3. The van der Waals surface area contributed by atoms with E-state index in [1.807, 2.05) is 6.07 Å². The first kappa shape index (κ1) is 10.5. The van der Waals surface area contributed by atoms with E-state index in [-0.39, 0.29) is 5.91 Å². The van der Waals surface area contributed by atoms with Gasteiger partial charge in [-0.15, -0.1) is 11.8 Å². The Labute approximate surface area is 93.4 Å². The molecule has 4 heteroatoms. The molecule has 1 aromatic carbocycles. The summed E-state index contributed by atoms with van der Waals surface area (Å²) >= 11 is 1.60. The second-order valence-electron chi connectivity index (χ2n) is 3.56. The molecule has 0 spiro atoms. The van der Waals surface area contributed by atoms with Crippen LogP contribution in [0.3, 0.4) is 0 Å². The van der Waals surface area contributed by atoms with Crippen LogP contribution in [-0.2, 0) is 11.2 Å². The third-order valence-corrected chi connectivity index (χ3v) is 3.40. The van der Waals surface area contributed by atoms with Crippen molar-refractivity contribution in [3.63, 3.8) is 0 Å². The number of anilines is 1. The molecule has 0 saturated carbocycles. The number of thioether (sulfide) groups is 1. The van der Waals surface area contributed by atoms with E-state index >= 15 is 0 Å². The van der Waals surface area contributed by atoms with Crippen LogP contribution in [0.4, 0.5) is 5.69 Å². The Morgan fingerprint density at radius 1 is 1.47 bits per heavy atom. The molecule has 1 heterocycles. The molecule has 3 nitrogen and oxygen atoms in total. The van der Waals surface area contributed by atoms with Gasteiger partial charge in [0.2, 0.25) is 5.91 Å². The van der Waals surface area contributed by atoms with E-state index in [0.717, 1.165) is 25.1 Å². The predicted octanol–water partition coefficient (Wildman–Crippen LogP) is 1.62. The minimum absolute atomic E-state index is 0.0854. The van der Waals surface area contributed by atoms with Gasteiger partial charge in [0.15, 0.2) is 0 Å². The lowest BCUT2D eigenvalue weighted by Gasteiger charge is -2.16. The predicted molar refractivity (Wildman–Crippen MR) is 63.2 cm³/mol. The summed E-state index contributed by atoms with van der Waals surface area (Å²) in [5.74, 6) is 0.607. The van der Waals surface area contributed by atoms with E-state index in [2.05, 4.69) is 17.4 Å². The van der Waals surface area contributed by atoms with Crippen molar-refractivity contribution < 1.29 is 4.79 Å². The highest BCUT2D eigenvalue weighted by Crippen LogP contribution is 2.32. The minimum atomic E-state index is 0.0854. The van der Waals surface area contributed by atoms with Gasteiger partial charge in [-0.2, -0.15) is 0 Å². The highest BCUT2D eigenvalue weighted by Gasteiger charge is 2.14. The minimum Gasteiger partial charge on any atom is -0.330 e. The Bertz CT molecular complexity index is 379. The van der Waals surface area contributed by atoms with Gasteiger partial charge in [0.1, 0.15) is 0 Å². The molecule has 0 atom stereocenters. The molecule has 80 valence electrons. The van der Waals surface area contributed by atoms with Crippen molar-refractivity contribution in [3.05, 3.63) is 23.8 Å². The van der Waals surface area contributed by atoms with Crippen LogP contribution < -0.4 is 11.1 Å². The van der Waals surface area contributed by atoms with Gasteiger partial charge in [-0.3, -0.25) is 4.79 Å². The molecule has 3 N–H and O–H groups in total. The van der Waals surface area contributed by atoms with Crippen LogP contribution in [0.2, 0.25) is 0 Å². The first-order valence-electron chi connectivity index (χ1n) is 5.05. The average molecular weight is 222 g/mol. The van der Waals surface area contributed by atoms with Crippen LogP contribution in [0.25, 0.3) is 0 Å². The zero-order valence-electron chi connectivity index (χ0n) is 8.45. The maximum Gasteiger partial charge on any atom is 0.234 e. The molecule has 2 rings (SSSR count). The van der Waals surface area contributed by atoms with Gasteiger partial charge < -0.3 is 11.1 Å². The number of carbonyl (C=O) groups excluding carboxylic acids is 1. The number of fused-ring (bicyclic) bond motifs is 1. The molecule has 0 aromatic heterocycles. The summed E-state index contributed by atoms with van der Waals surface area (Å²) in [7, 11) is 0. The number of rotatable bonds is 3. The van der Waals surface area contributed by atoms with Gasteiger partial charge in [-0.25, -0.2) is 0 Å². The van der Waals surface area contributed by atoms with Crippen LogP contribution in [-0.4, -0.2) is 18.2 Å². The fourth-order valence-corrected chi connectivity index (χ4v) is 2.45. The Balaban J connectivity index is 2.15. The first-order valence-corrected chi connectivity index (χ1v) is 6.04. The highest BCUT2D eigenvalue weighted by atomic mass is 32.2. The number of benzene rings is 1. The quantitative estimate of drug-likeness (QED) is 0.817. The van der Waals surface area contributed by atoms with E-state index in [9.17, 15) is 4.79 Å². The molecule has 1 aliphatic rings. The lowest BCUT2D eigenvalue weighted by atomic mass is 10.1. The van der Waals surface area contributed by atoms with Crippen LogP contribution >= 0.6 is 11.8 Å². The van der Waals surface area contributed by atoms with Crippen molar-refractivity contribution in [3.8, 4) is 0 Å². The fourth-order valence-electron chi connectivity index (χ4n) is 1.58. The standard InChI is InChI=1S/C11H14N2OS/c12-5-1-2-8-3-4-9-10(6-8)15-7-11(14)13-9/h3-4,6H,1-2,5,7,12H2,(H,13,14). The molecule has 1 aromatic rings. The second kappa shape index (κ2) is 4.68. The summed E-state index contributed by atoms with van der Waals surface area (Å²) in [4.78, 5) is 12.3. The molecule has 0 fully saturated rings. The molecule has 1 aliphatic heterocycles. The summed E-state index contributed by atoms with van der Waals surface area (Å²) in [5, 5.41) is 2.86. The number of hydrogen-bond donors (Lipinski definition) is 2. The summed E-state index contributed by atoms with van der Waals surface area (Å²) in [5.41, 5.74) is 7.70. The van der Waals surface area contributed by atoms with Gasteiger partial charge in [-0.05, 0) is 37.1 Å². The number of nitrogens with one attached hydrogen (secondary N) is 1. The molecule has 0 radical (unpaired) electrons. The number of carbonyl (C=O) groups is 1. The van der Waals surface area contributed by atoms with E-state index in [0.29, 0.717) is 5.75 Å². The van der Waals surface area contributed by atoms with Crippen LogP contribution in [0, 0.1) is 0 Å². The molecule has 0 saturated heterocycles. The Kier molecular flexibility index (Phi) is 3.28. The zero-order valence-corrected chi connectivity index (χ0v) is 9.27. The van der Waals surface area contributed by atoms with E-state index < -0.39 is 0 Å². The van der Waals surface area contributed by atoms with Crippen molar-refractivity contribution in [2.24, 2.45) is 5.73 Å². The molecule has 15 heavy (non-hydrogen) atoms. The van der Waals surface area contributed by atoms with Crippen LogP contribution in [0.15, 0.2) is 23.1 Å². The lowest BCUT2D eigenvalue weighted by molar-refractivity contribution is -0.113. The normalized spacial score (nSPS) is 14.6. The van der Waals surface area contributed by atoms with Gasteiger partial charge in [0, 0.05) is 4.90 Å². The SMILES string of the molecule is NCCCc1ccc2c(c1)SCC(=O)N2. The summed E-state index contributed by atoms with van der Waals surface area (Å²) in [6.45, 7) is 0.723. The highest BCUT2D eigenvalue weighted by molar-refractivity contribution is 8.00. The number of aryl methyl sites for hydroxylation is 1. The van der Waals surface area contributed by atoms with E-state index in [4.69, 9.17) is 5.73 Å². The summed E-state index contributed by atoms with van der Waals surface area (Å²) in [6.07, 6.45) is 2.02. The van der Waals surface area contributed by atoms with E-state index in [1.54, 1.807) is 11.8 Å². The van der Waals surface area contributed by atoms with Crippen molar-refractivity contribution in [1.82, 2.24) is 0 Å². The zero-order chi connectivity index (χ0) is 10.7. The maximum absolute atomic E-state index is 11.1. The summed E-state index contributed by atoms with van der Waals surface area (Å²) < 4.78 is 0. The van der Waals surface area contributed by atoms with Gasteiger partial charge in [0.05, 0.1) is 11.4 Å². The number of amides is 1. The lowest BCUT2D eigenvalue weighted by Crippen LogP contribution is -2.18. The fraction of sp³-hybridized carbons (Fsp3) is 0.364. The van der Waals surface area contributed by atoms with Crippen molar-refractivity contribution in [1.29, 1.82) is 0 Å². The average Bonchev–Trinajstić information content (AvgIpc) is 2.26. The van der Waals surface area contributed by atoms with Crippen LogP contribution in [0.5, 0.6) is 0 Å². The van der Waals surface area contributed by atoms with Crippen LogP contribution in [0.1, 0.15) is 12.0 Å². The molecular weight excluding hydrogens is 208 g/mol. The van der Waals surface area contributed by atoms with Gasteiger partial charge in [0.25, 0.3) is 0 Å². The molecule has 0 unspecified atom stereocenters. The van der Waals surface area contributed by atoms with Gasteiger partial charge >= 0.3 is 0 Å². The smallest absolute Gasteiger partial charge is 0.234 e. The van der Waals surface area contributed by atoms with Crippen molar-refractivity contribution in [2.45, 2.75) is 17.7 Å². The second-order valence-corrected chi connectivity index (χ2v) is 4.58. The molecule has 0 bridgehead atoms. The van der Waals surface area contributed by atoms with Crippen molar-refractivity contribution in [2.75, 3.05) is 17.6 Å². The topological polar surface area (TPSA) is 55.1 Å². The third-order valence-electron chi connectivity index (χ3n) is 2.35. The Hall–Kier alpha value is -1.00. The van der Waals surface area contributed by atoms with Gasteiger partial charge in [-0.1, -0.05) is 6.07 Å². The number of nitrogens with two attached hydrogens (primary N) is 1. The summed E-state index contributed by atoms with van der Waals surface area (Å²) in [6, 6.07) is 6.18. The monoisotopic (exact) mass is 222 g/mol.